The zero-order chi connectivity index (χ0) is 14.7. The van der Waals surface area contributed by atoms with E-state index in [1.165, 1.54) is 31.2 Å². The molecule has 1 atom stereocenters. The van der Waals surface area contributed by atoms with Crippen molar-refractivity contribution in [2.45, 2.75) is 25.3 Å². The summed E-state index contributed by atoms with van der Waals surface area (Å²) < 4.78 is 5.84. The van der Waals surface area contributed by atoms with Crippen molar-refractivity contribution >= 4 is 11.9 Å². The fourth-order valence-corrected chi connectivity index (χ4v) is 2.32. The molecule has 0 bridgehead atoms. The van der Waals surface area contributed by atoms with Crippen LogP contribution in [0.25, 0.3) is 0 Å². The number of esters is 1. The van der Waals surface area contributed by atoms with Crippen LogP contribution < -0.4 is 5.56 Å². The topological polar surface area (TPSA) is 81.5 Å². The van der Waals surface area contributed by atoms with Gasteiger partial charge in [0, 0.05) is 19.7 Å². The van der Waals surface area contributed by atoms with Crippen LogP contribution in [0.2, 0.25) is 0 Å². The van der Waals surface area contributed by atoms with Gasteiger partial charge in [-0.25, -0.2) is 9.48 Å². The molecule has 0 N–H and O–H groups in total. The highest BCUT2D eigenvalue weighted by atomic mass is 16.5. The van der Waals surface area contributed by atoms with Crippen molar-refractivity contribution in [2.75, 3.05) is 13.7 Å². The van der Waals surface area contributed by atoms with Crippen LogP contribution in [-0.4, -0.2) is 46.3 Å². The minimum atomic E-state index is -0.569. The Bertz CT molecular complexity index is 581. The summed E-state index contributed by atoms with van der Waals surface area (Å²) in [5.41, 5.74) is -0.132. The van der Waals surface area contributed by atoms with E-state index in [1.807, 2.05) is 0 Å². The largest absolute Gasteiger partial charge is 0.467 e. The van der Waals surface area contributed by atoms with E-state index < -0.39 is 12.0 Å². The van der Waals surface area contributed by atoms with Gasteiger partial charge in [0.05, 0.1) is 7.11 Å². The van der Waals surface area contributed by atoms with Gasteiger partial charge in [-0.05, 0) is 25.3 Å². The van der Waals surface area contributed by atoms with Crippen molar-refractivity contribution in [1.29, 1.82) is 0 Å². The van der Waals surface area contributed by atoms with Crippen LogP contribution in [0.3, 0.4) is 0 Å². The van der Waals surface area contributed by atoms with Crippen molar-refractivity contribution in [2.24, 2.45) is 7.05 Å². The molecule has 1 aromatic rings. The van der Waals surface area contributed by atoms with Crippen molar-refractivity contribution < 1.29 is 14.3 Å². The Labute approximate surface area is 116 Å². The summed E-state index contributed by atoms with van der Waals surface area (Å²) in [6.07, 6.45) is 2.30. The Morgan fingerprint density at radius 3 is 2.75 bits per heavy atom. The molecule has 1 aromatic heterocycles. The van der Waals surface area contributed by atoms with Crippen LogP contribution in [0.15, 0.2) is 16.9 Å². The van der Waals surface area contributed by atoms with E-state index in [2.05, 4.69) is 5.10 Å². The Morgan fingerprint density at radius 1 is 1.35 bits per heavy atom. The van der Waals surface area contributed by atoms with Gasteiger partial charge in [0.1, 0.15) is 11.7 Å². The Balaban J connectivity index is 2.27. The van der Waals surface area contributed by atoms with Gasteiger partial charge in [-0.3, -0.25) is 9.59 Å². The number of ether oxygens (including phenoxy) is 1. The predicted octanol–water partition coefficient (Wildman–Crippen LogP) is -0.0520. The third-order valence-corrected chi connectivity index (χ3v) is 3.42. The first-order chi connectivity index (χ1) is 9.54. The summed E-state index contributed by atoms with van der Waals surface area (Å²) >= 11 is 0. The molecule has 0 aromatic carbocycles. The van der Waals surface area contributed by atoms with Gasteiger partial charge in [-0.2, -0.15) is 5.10 Å². The molecular weight excluding hydrogens is 262 g/mol. The first-order valence-electron chi connectivity index (χ1n) is 6.47. The summed E-state index contributed by atoms with van der Waals surface area (Å²) in [6, 6.07) is 2.10. The van der Waals surface area contributed by atoms with Crippen LogP contribution in [0, 0.1) is 0 Å². The maximum Gasteiger partial charge on any atom is 0.328 e. The third-order valence-electron chi connectivity index (χ3n) is 3.42. The number of methoxy groups -OCH3 is 1. The first-order valence-corrected chi connectivity index (χ1v) is 6.47. The zero-order valence-electron chi connectivity index (χ0n) is 11.5. The number of likely N-dealkylation sites (tertiary alicyclic amines) is 1. The second-order valence-corrected chi connectivity index (χ2v) is 4.71. The molecule has 1 saturated heterocycles. The van der Waals surface area contributed by atoms with E-state index in [9.17, 15) is 14.4 Å². The lowest BCUT2D eigenvalue weighted by atomic mass is 10.0. The molecule has 0 spiro atoms. The number of nitrogens with zero attached hydrogens (tertiary/aromatic N) is 3. The van der Waals surface area contributed by atoms with Crippen molar-refractivity contribution in [3.63, 3.8) is 0 Å². The standard InChI is InChI=1S/C13H17N3O4/c1-15-11(17)7-6-9(14-15)12(18)16-8-4-3-5-10(16)13(19)20-2/h6-7,10H,3-5,8H2,1-2H3. The van der Waals surface area contributed by atoms with Crippen LogP contribution in [-0.2, 0) is 16.6 Å². The lowest BCUT2D eigenvalue weighted by molar-refractivity contribution is -0.147. The quantitative estimate of drug-likeness (QED) is 0.709. The fourth-order valence-electron chi connectivity index (χ4n) is 2.32. The molecule has 2 rings (SSSR count). The molecule has 1 aliphatic rings. The van der Waals surface area contributed by atoms with Crippen LogP contribution in [0.1, 0.15) is 29.8 Å². The molecule has 0 saturated carbocycles. The summed E-state index contributed by atoms with van der Waals surface area (Å²) in [7, 11) is 2.79. The minimum absolute atomic E-state index is 0.155. The molecule has 1 unspecified atom stereocenters. The van der Waals surface area contributed by atoms with Gasteiger partial charge in [0.15, 0.2) is 0 Å². The molecular formula is C13H17N3O4. The maximum absolute atomic E-state index is 12.4. The smallest absolute Gasteiger partial charge is 0.328 e. The molecule has 7 heteroatoms. The molecule has 0 radical (unpaired) electrons. The van der Waals surface area contributed by atoms with Crippen molar-refractivity contribution in [3.05, 3.63) is 28.2 Å². The van der Waals surface area contributed by atoms with E-state index in [4.69, 9.17) is 4.74 Å². The van der Waals surface area contributed by atoms with Crippen LogP contribution in [0.5, 0.6) is 0 Å². The fraction of sp³-hybridized carbons (Fsp3) is 0.538. The first kappa shape index (κ1) is 14.2. The number of carbonyl (C=O) groups excluding carboxylic acids is 2. The third kappa shape index (κ3) is 2.71. The van der Waals surface area contributed by atoms with Crippen LogP contribution in [0.4, 0.5) is 0 Å². The van der Waals surface area contributed by atoms with E-state index in [0.717, 1.165) is 17.5 Å². The number of amides is 1. The lowest BCUT2D eigenvalue weighted by Crippen LogP contribution is -2.49. The van der Waals surface area contributed by atoms with Gasteiger partial charge < -0.3 is 9.64 Å². The highest BCUT2D eigenvalue weighted by Gasteiger charge is 2.33. The molecule has 2 heterocycles. The normalized spacial score (nSPS) is 18.7. The Hall–Kier alpha value is -2.18. The van der Waals surface area contributed by atoms with E-state index in [1.54, 1.807) is 0 Å². The van der Waals surface area contributed by atoms with Gasteiger partial charge in [-0.1, -0.05) is 0 Å². The maximum atomic E-state index is 12.4. The average Bonchev–Trinajstić information content (AvgIpc) is 2.48. The highest BCUT2D eigenvalue weighted by Crippen LogP contribution is 2.19. The number of aryl methyl sites for hydroxylation is 1. The molecule has 1 amide bonds. The lowest BCUT2D eigenvalue weighted by Gasteiger charge is -2.33. The van der Waals surface area contributed by atoms with E-state index >= 15 is 0 Å². The number of hydrogen-bond acceptors (Lipinski definition) is 5. The number of piperidine rings is 1. The minimum Gasteiger partial charge on any atom is -0.467 e. The Morgan fingerprint density at radius 2 is 2.10 bits per heavy atom. The zero-order valence-corrected chi connectivity index (χ0v) is 11.5. The van der Waals surface area contributed by atoms with Gasteiger partial charge in [0.2, 0.25) is 0 Å². The predicted molar refractivity (Wildman–Crippen MR) is 70.2 cm³/mol. The molecule has 7 nitrogen and oxygen atoms in total. The number of carbonyl (C=O) groups is 2. The molecule has 20 heavy (non-hydrogen) atoms. The molecule has 0 aliphatic carbocycles. The second kappa shape index (κ2) is 5.85. The summed E-state index contributed by atoms with van der Waals surface area (Å²) in [4.78, 5) is 36.9. The summed E-state index contributed by atoms with van der Waals surface area (Å²) in [5, 5.41) is 3.93. The monoisotopic (exact) mass is 279 g/mol. The summed E-state index contributed by atoms with van der Waals surface area (Å²) in [5.74, 6) is -0.765. The van der Waals surface area contributed by atoms with Gasteiger partial charge in [0.25, 0.3) is 11.5 Å². The van der Waals surface area contributed by atoms with Crippen LogP contribution >= 0.6 is 0 Å². The average molecular weight is 279 g/mol. The second-order valence-electron chi connectivity index (χ2n) is 4.71. The molecule has 108 valence electrons. The highest BCUT2D eigenvalue weighted by molar-refractivity contribution is 5.95. The van der Waals surface area contributed by atoms with Gasteiger partial charge >= 0.3 is 5.97 Å². The van der Waals surface area contributed by atoms with Crippen molar-refractivity contribution in [1.82, 2.24) is 14.7 Å². The molecule has 1 fully saturated rings. The Kier molecular flexibility index (Phi) is 4.16. The van der Waals surface area contributed by atoms with E-state index in [-0.39, 0.29) is 17.2 Å². The molecule has 1 aliphatic heterocycles. The van der Waals surface area contributed by atoms with Crippen molar-refractivity contribution in [3.8, 4) is 0 Å². The SMILES string of the molecule is COC(=O)C1CCCCN1C(=O)c1ccc(=O)n(C)n1. The number of aromatic nitrogens is 2. The number of hydrogen-bond donors (Lipinski definition) is 0. The van der Waals surface area contributed by atoms with E-state index in [0.29, 0.717) is 13.0 Å². The number of rotatable bonds is 2. The summed E-state index contributed by atoms with van der Waals surface area (Å²) in [6.45, 7) is 0.489. The van der Waals surface area contributed by atoms with Gasteiger partial charge in [-0.15, -0.1) is 0 Å².